The van der Waals surface area contributed by atoms with E-state index in [1.807, 2.05) is 36.5 Å². The van der Waals surface area contributed by atoms with Gasteiger partial charge in [0.15, 0.2) is 0 Å². The topological polar surface area (TPSA) is 53.6 Å². The minimum atomic E-state index is -0.0661. The highest BCUT2D eigenvalue weighted by molar-refractivity contribution is 5.87. The van der Waals surface area contributed by atoms with Crippen molar-refractivity contribution >= 4 is 23.6 Å². The zero-order valence-corrected chi connectivity index (χ0v) is 10.0. The fourth-order valence-corrected chi connectivity index (χ4v) is 2.08. The smallest absolute Gasteiger partial charge is 0.275 e. The summed E-state index contributed by atoms with van der Waals surface area (Å²) in [5.41, 5.74) is 2.55. The first-order valence-corrected chi connectivity index (χ1v) is 5.68. The molecule has 0 aliphatic rings. The lowest BCUT2D eigenvalue weighted by Gasteiger charge is -1.95. The van der Waals surface area contributed by atoms with Gasteiger partial charge in [-0.05, 0) is 17.5 Å². The van der Waals surface area contributed by atoms with Gasteiger partial charge in [-0.15, -0.1) is 0 Å². The fourth-order valence-electron chi connectivity index (χ4n) is 2.08. The first-order valence-electron chi connectivity index (χ1n) is 5.68. The van der Waals surface area contributed by atoms with Crippen molar-refractivity contribution in [2.75, 3.05) is 0 Å². The van der Waals surface area contributed by atoms with Crippen LogP contribution in [0.1, 0.15) is 5.56 Å². The van der Waals surface area contributed by atoms with Crippen molar-refractivity contribution in [2.24, 2.45) is 7.05 Å². The van der Waals surface area contributed by atoms with Crippen LogP contribution in [0.15, 0.2) is 35.3 Å². The number of H-pyrrole nitrogens is 2. The minimum Gasteiger partial charge on any atom is -0.361 e. The van der Waals surface area contributed by atoms with Crippen molar-refractivity contribution < 1.29 is 0 Å². The molecule has 0 amide bonds. The molecule has 2 heterocycles. The quantitative estimate of drug-likeness (QED) is 0.636. The average Bonchev–Trinajstić information content (AvgIpc) is 2.92. The van der Waals surface area contributed by atoms with Gasteiger partial charge in [-0.1, -0.05) is 24.8 Å². The van der Waals surface area contributed by atoms with E-state index in [-0.39, 0.29) is 5.56 Å². The predicted molar refractivity (Wildman–Crippen MR) is 72.7 cm³/mol. The lowest BCUT2D eigenvalue weighted by molar-refractivity contribution is 0.840. The van der Waals surface area contributed by atoms with Gasteiger partial charge in [0, 0.05) is 18.8 Å². The number of para-hydroxylation sites is 1. The minimum absolute atomic E-state index is 0.0661. The monoisotopic (exact) mass is 239 g/mol. The Morgan fingerprint density at radius 2 is 2.17 bits per heavy atom. The van der Waals surface area contributed by atoms with Gasteiger partial charge in [-0.3, -0.25) is 9.36 Å². The van der Waals surface area contributed by atoms with E-state index in [1.165, 1.54) is 4.57 Å². The first kappa shape index (κ1) is 10.7. The number of aromatic nitrogens is 3. The third-order valence-electron chi connectivity index (χ3n) is 3.14. The van der Waals surface area contributed by atoms with Crippen LogP contribution in [-0.4, -0.2) is 14.5 Å². The van der Waals surface area contributed by atoms with Gasteiger partial charge in [0.2, 0.25) is 0 Å². The molecule has 0 atom stereocenters. The molecule has 4 heteroatoms. The van der Waals surface area contributed by atoms with Crippen molar-refractivity contribution in [3.63, 3.8) is 0 Å². The normalized spacial score (nSPS) is 12.4. The zero-order chi connectivity index (χ0) is 12.7. The number of imidazole rings is 1. The van der Waals surface area contributed by atoms with Gasteiger partial charge >= 0.3 is 0 Å². The van der Waals surface area contributed by atoms with Crippen molar-refractivity contribution in [1.29, 1.82) is 0 Å². The molecular weight excluding hydrogens is 226 g/mol. The first-order chi connectivity index (χ1) is 8.66. The predicted octanol–water partition coefficient (Wildman–Crippen LogP) is 0.434. The van der Waals surface area contributed by atoms with Gasteiger partial charge < -0.3 is 9.97 Å². The molecular formula is C14H13N3O. The maximum Gasteiger partial charge on any atom is 0.275 e. The Kier molecular flexibility index (Phi) is 2.23. The number of benzene rings is 1. The molecule has 0 fully saturated rings. The fraction of sp³-hybridized carbons (Fsp3) is 0.0714. The Morgan fingerprint density at radius 3 is 2.89 bits per heavy atom. The second-order valence-corrected chi connectivity index (χ2v) is 4.28. The number of fused-ring (bicyclic) bond motifs is 1. The number of aromatic amines is 2. The molecule has 0 radical (unpaired) electrons. The number of rotatable bonds is 1. The van der Waals surface area contributed by atoms with Crippen molar-refractivity contribution in [3.05, 3.63) is 57.2 Å². The summed E-state index contributed by atoms with van der Waals surface area (Å²) in [5, 5.41) is 1.67. The van der Waals surface area contributed by atoms with Gasteiger partial charge in [-0.2, -0.15) is 0 Å². The molecule has 2 N–H and O–H groups in total. The molecule has 1 aromatic carbocycles. The Hall–Kier alpha value is -2.49. The van der Waals surface area contributed by atoms with Crippen LogP contribution in [0.4, 0.5) is 0 Å². The SMILES string of the molecule is C=c1[nH]c(=Cc2cccc3cc[nH]c23)c(=O)n1C. The summed E-state index contributed by atoms with van der Waals surface area (Å²) < 4.78 is 1.50. The maximum atomic E-state index is 11.9. The van der Waals surface area contributed by atoms with Crippen LogP contribution in [0.5, 0.6) is 0 Å². The second kappa shape index (κ2) is 3.77. The number of hydrogen-bond acceptors (Lipinski definition) is 1. The van der Waals surface area contributed by atoms with Gasteiger partial charge in [0.05, 0.1) is 5.52 Å². The molecule has 3 aromatic rings. The Morgan fingerprint density at radius 1 is 1.33 bits per heavy atom. The summed E-state index contributed by atoms with van der Waals surface area (Å²) in [5.74, 6) is 0. The van der Waals surface area contributed by atoms with Crippen molar-refractivity contribution in [2.45, 2.75) is 0 Å². The van der Waals surface area contributed by atoms with Crippen LogP contribution in [0.2, 0.25) is 0 Å². The average molecular weight is 239 g/mol. The van der Waals surface area contributed by atoms with E-state index in [4.69, 9.17) is 0 Å². The van der Waals surface area contributed by atoms with Crippen LogP contribution in [0.25, 0.3) is 23.6 Å². The Balaban J connectivity index is 2.34. The summed E-state index contributed by atoms with van der Waals surface area (Å²) in [6, 6.07) is 7.98. The summed E-state index contributed by atoms with van der Waals surface area (Å²) in [6.07, 6.45) is 3.73. The number of nitrogens with one attached hydrogen (secondary N) is 2. The molecule has 3 rings (SSSR count). The molecule has 0 saturated heterocycles. The van der Waals surface area contributed by atoms with Crippen LogP contribution in [0, 0.1) is 0 Å². The third-order valence-corrected chi connectivity index (χ3v) is 3.14. The van der Waals surface area contributed by atoms with E-state index in [2.05, 4.69) is 16.5 Å². The molecule has 0 saturated carbocycles. The summed E-state index contributed by atoms with van der Waals surface area (Å²) in [4.78, 5) is 18.1. The van der Waals surface area contributed by atoms with Crippen LogP contribution in [-0.2, 0) is 7.05 Å². The molecule has 2 aromatic heterocycles. The molecule has 0 aliphatic carbocycles. The molecule has 90 valence electrons. The van der Waals surface area contributed by atoms with Crippen molar-refractivity contribution in [1.82, 2.24) is 14.5 Å². The molecule has 0 aliphatic heterocycles. The van der Waals surface area contributed by atoms with E-state index < -0.39 is 0 Å². The second-order valence-electron chi connectivity index (χ2n) is 4.28. The molecule has 4 nitrogen and oxygen atoms in total. The van der Waals surface area contributed by atoms with Crippen LogP contribution < -0.4 is 16.4 Å². The highest BCUT2D eigenvalue weighted by Gasteiger charge is 2.01. The van der Waals surface area contributed by atoms with Crippen LogP contribution >= 0.6 is 0 Å². The molecule has 18 heavy (non-hydrogen) atoms. The van der Waals surface area contributed by atoms with Crippen LogP contribution in [0.3, 0.4) is 0 Å². The largest absolute Gasteiger partial charge is 0.361 e. The highest BCUT2D eigenvalue weighted by atomic mass is 16.1. The van der Waals surface area contributed by atoms with E-state index in [0.717, 1.165) is 16.5 Å². The number of nitrogens with zero attached hydrogens (tertiary/aromatic N) is 1. The Labute approximate surface area is 103 Å². The lowest BCUT2D eigenvalue weighted by Crippen LogP contribution is -2.28. The van der Waals surface area contributed by atoms with E-state index in [0.29, 0.717) is 10.8 Å². The Bertz CT molecular complexity index is 880. The van der Waals surface area contributed by atoms with Gasteiger partial charge in [-0.25, -0.2) is 0 Å². The van der Waals surface area contributed by atoms with Gasteiger partial charge in [0.25, 0.3) is 5.56 Å². The van der Waals surface area contributed by atoms with E-state index >= 15 is 0 Å². The molecule has 0 unspecified atom stereocenters. The number of hydrogen-bond donors (Lipinski definition) is 2. The summed E-state index contributed by atoms with van der Waals surface area (Å²) in [6.45, 7) is 3.78. The standard InChI is InChI=1S/C14H13N3O/c1-9-16-12(14(18)17(9)2)8-11-5-3-4-10-6-7-15-13(10)11/h3-8,15-16H,1H2,2H3. The lowest BCUT2D eigenvalue weighted by atomic mass is 10.1. The third kappa shape index (κ3) is 1.50. The summed E-state index contributed by atoms with van der Waals surface area (Å²) in [7, 11) is 1.70. The summed E-state index contributed by atoms with van der Waals surface area (Å²) >= 11 is 0. The van der Waals surface area contributed by atoms with E-state index in [9.17, 15) is 4.79 Å². The zero-order valence-electron chi connectivity index (χ0n) is 10.0. The van der Waals surface area contributed by atoms with E-state index in [1.54, 1.807) is 7.05 Å². The van der Waals surface area contributed by atoms with Crippen molar-refractivity contribution in [3.8, 4) is 0 Å². The van der Waals surface area contributed by atoms with Gasteiger partial charge in [0.1, 0.15) is 10.8 Å². The maximum absolute atomic E-state index is 11.9. The highest BCUT2D eigenvalue weighted by Crippen LogP contribution is 2.16. The molecule has 0 spiro atoms. The molecule has 0 bridgehead atoms.